The molecule has 0 aromatic rings. The number of carbonyl (C=O) groups excluding carboxylic acids is 1. The van der Waals surface area contributed by atoms with Gasteiger partial charge in [0.2, 0.25) is 0 Å². The van der Waals surface area contributed by atoms with Crippen LogP contribution in [-0.2, 0) is 0 Å². The van der Waals surface area contributed by atoms with Crippen LogP contribution in [0.5, 0.6) is 0 Å². The highest BCUT2D eigenvalue weighted by Gasteiger charge is 2.49. The summed E-state index contributed by atoms with van der Waals surface area (Å²) in [6.45, 7) is 0. The molecule has 0 bridgehead atoms. The zero-order chi connectivity index (χ0) is 9.47. The topological polar surface area (TPSA) is 52.6 Å². The number of hydrogen-bond donors (Lipinski definition) is 2. The van der Waals surface area contributed by atoms with E-state index in [9.17, 15) is 9.90 Å². The third-order valence-corrected chi connectivity index (χ3v) is 3.28. The lowest BCUT2D eigenvalue weighted by Gasteiger charge is -2.35. The second-order valence-electron chi connectivity index (χ2n) is 4.13. The van der Waals surface area contributed by atoms with Gasteiger partial charge >= 0.3 is 6.03 Å². The molecule has 0 aromatic carbocycles. The molecule has 2 N–H and O–H groups in total. The first-order valence-electron chi connectivity index (χ1n) is 4.89. The van der Waals surface area contributed by atoms with Crippen molar-refractivity contribution in [1.82, 2.24) is 10.2 Å². The number of urea groups is 1. The number of nitrogens with zero attached hydrogens (tertiary/aromatic N) is 1. The molecule has 2 aliphatic rings. The van der Waals surface area contributed by atoms with Crippen molar-refractivity contribution in [3.8, 4) is 0 Å². The molecule has 0 aromatic heterocycles. The summed E-state index contributed by atoms with van der Waals surface area (Å²) in [5.41, 5.74) is -0.343. The van der Waals surface area contributed by atoms with Crippen LogP contribution in [0.25, 0.3) is 0 Å². The fourth-order valence-electron chi connectivity index (χ4n) is 2.41. The second kappa shape index (κ2) is 2.87. The number of amides is 2. The lowest BCUT2D eigenvalue weighted by atomic mass is 9.81. The molecule has 1 unspecified atom stereocenters. The van der Waals surface area contributed by atoms with Gasteiger partial charge in [-0.25, -0.2) is 4.79 Å². The van der Waals surface area contributed by atoms with Gasteiger partial charge in [0.25, 0.3) is 0 Å². The van der Waals surface area contributed by atoms with Crippen molar-refractivity contribution in [3.05, 3.63) is 0 Å². The molecular weight excluding hydrogens is 168 g/mol. The minimum atomic E-state index is -0.639. The summed E-state index contributed by atoms with van der Waals surface area (Å²) in [6.07, 6.45) is 4.60. The molecule has 4 nitrogen and oxygen atoms in total. The molecule has 1 saturated carbocycles. The van der Waals surface area contributed by atoms with Crippen molar-refractivity contribution in [1.29, 1.82) is 0 Å². The molecular formula is C9H16N2O2. The Morgan fingerprint density at radius 1 is 1.46 bits per heavy atom. The quantitative estimate of drug-likeness (QED) is 0.581. The fraction of sp³-hybridized carbons (Fsp3) is 0.889. The Labute approximate surface area is 77.9 Å². The fourth-order valence-corrected chi connectivity index (χ4v) is 2.41. The van der Waals surface area contributed by atoms with E-state index in [2.05, 4.69) is 5.32 Å². The van der Waals surface area contributed by atoms with Gasteiger partial charge in [0.1, 0.15) is 0 Å². The summed E-state index contributed by atoms with van der Waals surface area (Å²) in [7, 11) is 1.64. The van der Waals surface area contributed by atoms with Gasteiger partial charge in [-0.15, -0.1) is 0 Å². The largest absolute Gasteiger partial charge is 0.371 e. The van der Waals surface area contributed by atoms with E-state index in [0.717, 1.165) is 25.7 Å². The van der Waals surface area contributed by atoms with Crippen LogP contribution < -0.4 is 5.32 Å². The predicted molar refractivity (Wildman–Crippen MR) is 48.1 cm³/mol. The second-order valence-corrected chi connectivity index (χ2v) is 4.13. The van der Waals surface area contributed by atoms with Crippen LogP contribution in [0.15, 0.2) is 0 Å². The van der Waals surface area contributed by atoms with Gasteiger partial charge in [-0.3, -0.25) is 4.90 Å². The average Bonchev–Trinajstić information content (AvgIpc) is 2.33. The van der Waals surface area contributed by atoms with Crippen molar-refractivity contribution in [2.45, 2.75) is 43.9 Å². The molecule has 13 heavy (non-hydrogen) atoms. The van der Waals surface area contributed by atoms with E-state index in [1.807, 2.05) is 0 Å². The van der Waals surface area contributed by atoms with Crippen molar-refractivity contribution in [2.24, 2.45) is 0 Å². The standard InChI is InChI=1S/C9H16N2O2/c1-11-7(12)9(10-8(11)13)5-3-2-4-6-9/h7,12H,2-6H2,1H3,(H,10,13). The molecule has 1 spiro atoms. The Bertz CT molecular complexity index is 224. The molecule has 1 aliphatic carbocycles. The molecule has 2 rings (SSSR count). The van der Waals surface area contributed by atoms with E-state index in [1.54, 1.807) is 7.05 Å². The lowest BCUT2D eigenvalue weighted by molar-refractivity contribution is -0.00206. The molecule has 4 heteroatoms. The predicted octanol–water partition coefficient (Wildman–Crippen LogP) is 0.663. The monoisotopic (exact) mass is 184 g/mol. The number of nitrogens with one attached hydrogen (secondary N) is 1. The molecule has 74 valence electrons. The van der Waals surface area contributed by atoms with E-state index in [1.165, 1.54) is 11.3 Å². The van der Waals surface area contributed by atoms with Gasteiger partial charge in [-0.05, 0) is 12.8 Å². The number of aliphatic hydroxyl groups is 1. The van der Waals surface area contributed by atoms with Crippen LogP contribution in [0, 0.1) is 0 Å². The SMILES string of the molecule is CN1C(=O)NC2(CCCCC2)C1O. The maximum atomic E-state index is 11.3. The van der Waals surface area contributed by atoms with E-state index in [0.29, 0.717) is 0 Å². The first-order chi connectivity index (χ1) is 6.16. The summed E-state index contributed by atoms with van der Waals surface area (Å²) in [4.78, 5) is 12.7. The normalized spacial score (nSPS) is 32.3. The Kier molecular flexibility index (Phi) is 1.95. The lowest BCUT2D eigenvalue weighted by Crippen LogP contribution is -2.50. The van der Waals surface area contributed by atoms with Gasteiger partial charge < -0.3 is 10.4 Å². The van der Waals surface area contributed by atoms with Gasteiger partial charge in [0.05, 0.1) is 5.54 Å². The van der Waals surface area contributed by atoms with Crippen molar-refractivity contribution < 1.29 is 9.90 Å². The number of likely N-dealkylation sites (N-methyl/N-ethyl adjacent to an activating group) is 1. The van der Waals surface area contributed by atoms with Crippen LogP contribution in [0.2, 0.25) is 0 Å². The van der Waals surface area contributed by atoms with Crippen molar-refractivity contribution >= 4 is 6.03 Å². The summed E-state index contributed by atoms with van der Waals surface area (Å²) in [6, 6.07) is -0.144. The van der Waals surface area contributed by atoms with E-state index in [4.69, 9.17) is 0 Å². The third-order valence-electron chi connectivity index (χ3n) is 3.28. The minimum absolute atomic E-state index is 0.144. The van der Waals surface area contributed by atoms with Crippen LogP contribution >= 0.6 is 0 Å². The zero-order valence-electron chi connectivity index (χ0n) is 7.92. The van der Waals surface area contributed by atoms with Crippen LogP contribution in [0.1, 0.15) is 32.1 Å². The maximum absolute atomic E-state index is 11.3. The van der Waals surface area contributed by atoms with E-state index >= 15 is 0 Å². The molecule has 2 fully saturated rings. The first-order valence-corrected chi connectivity index (χ1v) is 4.89. The minimum Gasteiger partial charge on any atom is -0.371 e. The Balaban J connectivity index is 2.18. The Hall–Kier alpha value is -0.770. The molecule has 1 atom stereocenters. The number of rotatable bonds is 0. The van der Waals surface area contributed by atoms with Crippen LogP contribution in [0.4, 0.5) is 4.79 Å². The summed E-state index contributed by atoms with van der Waals surface area (Å²) in [5, 5.41) is 12.8. The summed E-state index contributed by atoms with van der Waals surface area (Å²) in [5.74, 6) is 0. The Morgan fingerprint density at radius 3 is 2.54 bits per heavy atom. The highest BCUT2D eigenvalue weighted by molar-refractivity contribution is 5.78. The third kappa shape index (κ3) is 1.20. The first kappa shape index (κ1) is 8.81. The van der Waals surface area contributed by atoms with Gasteiger partial charge in [-0.1, -0.05) is 19.3 Å². The van der Waals surface area contributed by atoms with Gasteiger partial charge in [0, 0.05) is 7.05 Å². The van der Waals surface area contributed by atoms with Gasteiger partial charge in [-0.2, -0.15) is 0 Å². The van der Waals surface area contributed by atoms with Crippen molar-refractivity contribution in [3.63, 3.8) is 0 Å². The highest BCUT2D eigenvalue weighted by Crippen LogP contribution is 2.35. The summed E-state index contributed by atoms with van der Waals surface area (Å²) >= 11 is 0. The smallest absolute Gasteiger partial charge is 0.319 e. The number of hydrogen-bond acceptors (Lipinski definition) is 2. The molecule has 2 amide bonds. The number of aliphatic hydroxyl groups excluding tert-OH is 1. The Morgan fingerprint density at radius 2 is 2.08 bits per heavy atom. The van der Waals surface area contributed by atoms with Crippen molar-refractivity contribution in [2.75, 3.05) is 7.05 Å². The van der Waals surface area contributed by atoms with E-state index < -0.39 is 6.23 Å². The van der Waals surface area contributed by atoms with Gasteiger partial charge in [0.15, 0.2) is 6.23 Å². The maximum Gasteiger partial charge on any atom is 0.319 e. The van der Waals surface area contributed by atoms with E-state index in [-0.39, 0.29) is 11.6 Å². The summed E-state index contributed by atoms with van der Waals surface area (Å²) < 4.78 is 0. The average molecular weight is 184 g/mol. The molecule has 1 saturated heterocycles. The zero-order valence-corrected chi connectivity index (χ0v) is 7.92. The molecule has 1 heterocycles. The van der Waals surface area contributed by atoms with Crippen LogP contribution in [0.3, 0.4) is 0 Å². The molecule has 0 radical (unpaired) electrons. The highest BCUT2D eigenvalue weighted by atomic mass is 16.3. The number of carbonyl (C=O) groups is 1. The molecule has 1 aliphatic heterocycles. The van der Waals surface area contributed by atoms with Crippen LogP contribution in [-0.4, -0.2) is 34.9 Å².